The number of pyridine rings is 1. The second-order valence-electron chi connectivity index (χ2n) is 5.74. The lowest BCUT2D eigenvalue weighted by Gasteiger charge is -2.07. The van der Waals surface area contributed by atoms with Gasteiger partial charge in [0.15, 0.2) is 12.3 Å². The molecule has 0 saturated carbocycles. The minimum atomic E-state index is -0.327. The predicted molar refractivity (Wildman–Crippen MR) is 93.3 cm³/mol. The number of hydrogen-bond acceptors (Lipinski definition) is 5. The first-order valence-corrected chi connectivity index (χ1v) is 7.71. The first-order chi connectivity index (χ1) is 12.0. The maximum absolute atomic E-state index is 12.1. The third kappa shape index (κ3) is 3.43. The summed E-state index contributed by atoms with van der Waals surface area (Å²) in [5.74, 6) is 0.0510. The van der Waals surface area contributed by atoms with Gasteiger partial charge in [-0.2, -0.15) is 5.26 Å². The molecule has 2 heterocycles. The molecule has 1 amide bonds. The van der Waals surface area contributed by atoms with Gasteiger partial charge in [-0.05, 0) is 43.7 Å². The lowest BCUT2D eigenvalue weighted by molar-refractivity contribution is -0.118. The van der Waals surface area contributed by atoms with E-state index in [2.05, 4.69) is 15.4 Å². The van der Waals surface area contributed by atoms with Crippen molar-refractivity contribution in [3.05, 3.63) is 47.2 Å². The first kappa shape index (κ1) is 16.5. The van der Waals surface area contributed by atoms with Gasteiger partial charge < -0.3 is 10.1 Å². The molecule has 3 aromatic rings. The van der Waals surface area contributed by atoms with Gasteiger partial charge in [-0.1, -0.05) is 6.07 Å². The minimum absolute atomic E-state index is 0.184. The van der Waals surface area contributed by atoms with Crippen LogP contribution in [0.5, 0.6) is 5.88 Å². The summed E-state index contributed by atoms with van der Waals surface area (Å²) in [6, 6.07) is 10.7. The molecule has 7 nitrogen and oxygen atoms in total. The van der Waals surface area contributed by atoms with Crippen LogP contribution in [0.25, 0.3) is 11.0 Å². The largest absolute Gasteiger partial charge is 0.466 e. The van der Waals surface area contributed by atoms with Gasteiger partial charge in [0, 0.05) is 18.4 Å². The summed E-state index contributed by atoms with van der Waals surface area (Å²) in [6.45, 7) is 3.69. The van der Waals surface area contributed by atoms with E-state index in [0.717, 1.165) is 22.3 Å². The Hall–Kier alpha value is -3.40. The maximum atomic E-state index is 12.1. The molecule has 0 radical (unpaired) electrons. The highest BCUT2D eigenvalue weighted by Crippen LogP contribution is 2.27. The summed E-state index contributed by atoms with van der Waals surface area (Å²) in [5, 5.41) is 16.7. The fourth-order valence-corrected chi connectivity index (χ4v) is 2.65. The van der Waals surface area contributed by atoms with Crippen LogP contribution in [-0.4, -0.2) is 27.3 Å². The molecule has 2 aromatic heterocycles. The van der Waals surface area contributed by atoms with Gasteiger partial charge in [0.25, 0.3) is 5.91 Å². The van der Waals surface area contributed by atoms with E-state index >= 15 is 0 Å². The van der Waals surface area contributed by atoms with E-state index in [1.165, 1.54) is 0 Å². The summed E-state index contributed by atoms with van der Waals surface area (Å²) >= 11 is 0. The van der Waals surface area contributed by atoms with Crippen molar-refractivity contribution < 1.29 is 9.53 Å². The number of rotatable bonds is 4. The van der Waals surface area contributed by atoms with E-state index in [4.69, 9.17) is 10.00 Å². The Labute approximate surface area is 144 Å². The van der Waals surface area contributed by atoms with E-state index < -0.39 is 0 Å². The molecule has 0 unspecified atom stereocenters. The number of nitrogens with zero attached hydrogens (tertiary/aromatic N) is 4. The number of benzene rings is 1. The molecule has 0 bridgehead atoms. The second-order valence-corrected chi connectivity index (χ2v) is 5.74. The minimum Gasteiger partial charge on any atom is -0.466 e. The molecule has 0 aliphatic heterocycles. The van der Waals surface area contributed by atoms with Gasteiger partial charge in [0.05, 0.1) is 17.0 Å². The zero-order valence-corrected chi connectivity index (χ0v) is 14.2. The molecule has 126 valence electrons. The highest BCUT2D eigenvalue weighted by molar-refractivity contribution is 5.92. The number of carbonyl (C=O) groups is 1. The molecule has 7 heteroatoms. The number of carbonyl (C=O) groups excluding carboxylic acids is 1. The van der Waals surface area contributed by atoms with Gasteiger partial charge >= 0.3 is 0 Å². The molecular formula is C18H17N5O2. The van der Waals surface area contributed by atoms with Crippen LogP contribution in [0.1, 0.15) is 16.8 Å². The fourth-order valence-electron chi connectivity index (χ4n) is 2.65. The zero-order valence-electron chi connectivity index (χ0n) is 14.2. The van der Waals surface area contributed by atoms with E-state index in [9.17, 15) is 4.79 Å². The summed E-state index contributed by atoms with van der Waals surface area (Å²) < 4.78 is 7.24. The van der Waals surface area contributed by atoms with Crippen molar-refractivity contribution in [2.45, 2.75) is 13.8 Å². The average molecular weight is 335 g/mol. The SMILES string of the molecule is Cc1cc(C)c2c(OCC(=O)Nc3cccc(C#N)c3)nn(C)c2n1. The number of aryl methyl sites for hydroxylation is 3. The molecule has 1 N–H and O–H groups in total. The van der Waals surface area contributed by atoms with Gasteiger partial charge in [-0.15, -0.1) is 5.10 Å². The van der Waals surface area contributed by atoms with Crippen LogP contribution in [0.4, 0.5) is 5.69 Å². The van der Waals surface area contributed by atoms with Crippen molar-refractivity contribution in [3.8, 4) is 11.9 Å². The second kappa shape index (κ2) is 6.61. The lowest BCUT2D eigenvalue weighted by Crippen LogP contribution is -2.20. The standard InChI is InChI=1S/C18H17N5O2/c1-11-7-12(2)20-17-16(11)18(22-23(17)3)25-10-15(24)21-14-6-4-5-13(8-14)9-19/h4-8H,10H2,1-3H3,(H,21,24). The van der Waals surface area contributed by atoms with Crippen LogP contribution in [0.3, 0.4) is 0 Å². The number of nitriles is 1. The van der Waals surface area contributed by atoms with E-state index in [0.29, 0.717) is 17.1 Å². The summed E-state index contributed by atoms with van der Waals surface area (Å²) in [5.41, 5.74) is 3.63. The van der Waals surface area contributed by atoms with E-state index in [1.54, 1.807) is 36.0 Å². The summed E-state index contributed by atoms with van der Waals surface area (Å²) in [7, 11) is 1.79. The Kier molecular flexibility index (Phi) is 4.35. The third-order valence-electron chi connectivity index (χ3n) is 3.70. The molecule has 0 spiro atoms. The Morgan fingerprint density at radius 3 is 2.92 bits per heavy atom. The van der Waals surface area contributed by atoms with Crippen LogP contribution in [0, 0.1) is 25.2 Å². The van der Waals surface area contributed by atoms with Crippen molar-refractivity contribution >= 4 is 22.6 Å². The first-order valence-electron chi connectivity index (χ1n) is 7.71. The maximum Gasteiger partial charge on any atom is 0.262 e. The normalized spacial score (nSPS) is 10.5. The molecular weight excluding hydrogens is 318 g/mol. The number of nitrogens with one attached hydrogen (secondary N) is 1. The zero-order chi connectivity index (χ0) is 18.0. The number of ether oxygens (including phenoxy) is 1. The Bertz CT molecular complexity index is 1000. The van der Waals surface area contributed by atoms with Gasteiger partial charge in [-0.25, -0.2) is 9.67 Å². The molecule has 0 fully saturated rings. The smallest absolute Gasteiger partial charge is 0.262 e. The van der Waals surface area contributed by atoms with Crippen LogP contribution < -0.4 is 10.1 Å². The number of anilines is 1. The Morgan fingerprint density at radius 2 is 2.16 bits per heavy atom. The summed E-state index contributed by atoms with van der Waals surface area (Å²) in [4.78, 5) is 16.6. The number of fused-ring (bicyclic) bond motifs is 1. The van der Waals surface area contributed by atoms with Crippen molar-refractivity contribution in [1.82, 2.24) is 14.8 Å². The molecule has 0 saturated heterocycles. The predicted octanol–water partition coefficient (Wildman–Crippen LogP) is 2.47. The van der Waals surface area contributed by atoms with Crippen LogP contribution in [-0.2, 0) is 11.8 Å². The average Bonchev–Trinajstić information content (AvgIpc) is 2.89. The Morgan fingerprint density at radius 1 is 1.36 bits per heavy atom. The van der Waals surface area contributed by atoms with Crippen molar-refractivity contribution in [1.29, 1.82) is 5.26 Å². The van der Waals surface area contributed by atoms with Gasteiger partial charge in [0.1, 0.15) is 0 Å². The Balaban J connectivity index is 1.74. The number of hydrogen-bond donors (Lipinski definition) is 1. The fraction of sp³-hybridized carbons (Fsp3) is 0.222. The lowest BCUT2D eigenvalue weighted by atomic mass is 10.2. The molecule has 3 rings (SSSR count). The highest BCUT2D eigenvalue weighted by Gasteiger charge is 2.15. The quantitative estimate of drug-likeness (QED) is 0.790. The van der Waals surface area contributed by atoms with Gasteiger partial charge in [-0.3, -0.25) is 4.79 Å². The van der Waals surface area contributed by atoms with Crippen LogP contribution >= 0.6 is 0 Å². The summed E-state index contributed by atoms with van der Waals surface area (Å²) in [6.07, 6.45) is 0. The van der Waals surface area contributed by atoms with E-state index in [-0.39, 0.29) is 12.5 Å². The molecule has 0 aliphatic rings. The molecule has 0 atom stereocenters. The van der Waals surface area contributed by atoms with Crippen molar-refractivity contribution in [2.75, 3.05) is 11.9 Å². The third-order valence-corrected chi connectivity index (χ3v) is 3.70. The highest BCUT2D eigenvalue weighted by atomic mass is 16.5. The number of amides is 1. The number of aromatic nitrogens is 3. The monoisotopic (exact) mass is 335 g/mol. The van der Waals surface area contributed by atoms with E-state index in [1.807, 2.05) is 26.0 Å². The van der Waals surface area contributed by atoms with Crippen molar-refractivity contribution in [3.63, 3.8) is 0 Å². The topological polar surface area (TPSA) is 92.8 Å². The molecule has 1 aromatic carbocycles. The molecule has 0 aliphatic carbocycles. The van der Waals surface area contributed by atoms with Gasteiger partial charge in [0.2, 0.25) is 5.88 Å². The molecule has 25 heavy (non-hydrogen) atoms. The van der Waals surface area contributed by atoms with Crippen molar-refractivity contribution in [2.24, 2.45) is 7.05 Å². The van der Waals surface area contributed by atoms with Crippen LogP contribution in [0.15, 0.2) is 30.3 Å². The van der Waals surface area contributed by atoms with Crippen LogP contribution in [0.2, 0.25) is 0 Å².